The lowest BCUT2D eigenvalue weighted by Crippen LogP contribution is -2.15. The van der Waals surface area contributed by atoms with Crippen LogP contribution in [0.2, 0.25) is 0 Å². The van der Waals surface area contributed by atoms with E-state index in [-0.39, 0.29) is 5.91 Å². The van der Waals surface area contributed by atoms with Crippen LogP contribution in [0.1, 0.15) is 30.3 Å². The average molecular weight is 349 g/mol. The van der Waals surface area contributed by atoms with Gasteiger partial charge in [-0.05, 0) is 36.8 Å². The van der Waals surface area contributed by atoms with Gasteiger partial charge < -0.3 is 10.6 Å². The van der Waals surface area contributed by atoms with Crippen LogP contribution in [-0.4, -0.2) is 22.4 Å². The van der Waals surface area contributed by atoms with Crippen molar-refractivity contribution < 1.29 is 4.79 Å². The summed E-state index contributed by atoms with van der Waals surface area (Å²) in [7, 11) is 0. The van der Waals surface area contributed by atoms with Gasteiger partial charge in [-0.25, -0.2) is 9.97 Å². The predicted octanol–water partition coefficient (Wildman–Crippen LogP) is 3.70. The van der Waals surface area contributed by atoms with Crippen molar-refractivity contribution >= 4 is 33.5 Å². The van der Waals surface area contributed by atoms with E-state index in [4.69, 9.17) is 0 Å². The van der Waals surface area contributed by atoms with Crippen LogP contribution in [0.4, 0.5) is 11.6 Å². The van der Waals surface area contributed by atoms with E-state index in [1.807, 2.05) is 24.3 Å². The van der Waals surface area contributed by atoms with Crippen molar-refractivity contribution in [1.82, 2.24) is 9.97 Å². The summed E-state index contributed by atoms with van der Waals surface area (Å²) in [6, 6.07) is 8.98. The van der Waals surface area contributed by atoms with Gasteiger partial charge in [0.1, 0.15) is 5.69 Å². The number of halogens is 1. The number of hydrogen-bond acceptors (Lipinski definition) is 4. The Bertz CT molecular complexity index is 601. The van der Waals surface area contributed by atoms with Gasteiger partial charge in [-0.3, -0.25) is 4.79 Å². The maximum absolute atomic E-state index is 12.1. The maximum atomic E-state index is 12.1. The fraction of sp³-hybridized carbons (Fsp3) is 0.267. The fourth-order valence-electron chi connectivity index (χ4n) is 1.68. The fourth-order valence-corrected chi connectivity index (χ4v) is 1.94. The Hall–Kier alpha value is -1.95. The first-order valence-corrected chi connectivity index (χ1v) is 7.62. The van der Waals surface area contributed by atoms with Gasteiger partial charge in [-0.2, -0.15) is 0 Å². The van der Waals surface area contributed by atoms with Crippen LogP contribution < -0.4 is 10.6 Å². The summed E-state index contributed by atoms with van der Waals surface area (Å²) in [6.45, 7) is 2.92. The van der Waals surface area contributed by atoms with Crippen molar-refractivity contribution in [2.45, 2.75) is 19.8 Å². The zero-order valence-corrected chi connectivity index (χ0v) is 13.4. The summed E-state index contributed by atoms with van der Waals surface area (Å²) in [5.41, 5.74) is 1.06. The maximum Gasteiger partial charge on any atom is 0.274 e. The minimum Gasteiger partial charge on any atom is -0.354 e. The van der Waals surface area contributed by atoms with Crippen molar-refractivity contribution in [2.75, 3.05) is 17.2 Å². The Kier molecular flexibility index (Phi) is 5.68. The third kappa shape index (κ3) is 4.82. The Morgan fingerprint density at radius 1 is 1.24 bits per heavy atom. The van der Waals surface area contributed by atoms with Gasteiger partial charge in [0.05, 0.1) is 0 Å². The van der Waals surface area contributed by atoms with E-state index in [9.17, 15) is 4.79 Å². The van der Waals surface area contributed by atoms with E-state index in [2.05, 4.69) is 43.5 Å². The summed E-state index contributed by atoms with van der Waals surface area (Å²) in [5.74, 6) is 0.227. The van der Waals surface area contributed by atoms with Crippen molar-refractivity contribution in [3.63, 3.8) is 0 Å². The first-order valence-electron chi connectivity index (χ1n) is 6.83. The van der Waals surface area contributed by atoms with Crippen molar-refractivity contribution in [2.24, 2.45) is 0 Å². The summed E-state index contributed by atoms with van der Waals surface area (Å²) in [4.78, 5) is 20.5. The Labute approximate surface area is 132 Å². The molecule has 2 N–H and O–H groups in total. The number of carbonyl (C=O) groups excluding carboxylic acids is 1. The number of amides is 1. The molecule has 1 aromatic carbocycles. The molecule has 0 radical (unpaired) electrons. The highest BCUT2D eigenvalue weighted by atomic mass is 79.9. The minimum absolute atomic E-state index is 0.252. The Morgan fingerprint density at radius 2 is 2.00 bits per heavy atom. The van der Waals surface area contributed by atoms with Gasteiger partial charge in [0, 0.05) is 22.9 Å². The molecule has 0 saturated carbocycles. The lowest BCUT2D eigenvalue weighted by atomic mass is 10.3. The molecule has 2 rings (SSSR count). The molecule has 0 spiro atoms. The minimum atomic E-state index is -0.252. The molecule has 1 aromatic heterocycles. The second-order valence-electron chi connectivity index (χ2n) is 4.51. The van der Waals surface area contributed by atoms with Crippen LogP contribution in [0.5, 0.6) is 0 Å². The molecular formula is C15H17BrN4O. The van der Waals surface area contributed by atoms with Crippen LogP contribution in [-0.2, 0) is 0 Å². The highest BCUT2D eigenvalue weighted by Crippen LogP contribution is 2.15. The predicted molar refractivity (Wildman–Crippen MR) is 87.5 cm³/mol. The number of hydrogen-bond donors (Lipinski definition) is 2. The van der Waals surface area contributed by atoms with Crippen LogP contribution in [0.15, 0.2) is 41.0 Å². The van der Waals surface area contributed by atoms with E-state index in [0.717, 1.165) is 29.5 Å². The first kappa shape index (κ1) is 15.4. The third-order valence-electron chi connectivity index (χ3n) is 2.80. The molecule has 5 nitrogen and oxygen atoms in total. The molecule has 0 fully saturated rings. The van der Waals surface area contributed by atoms with Crippen molar-refractivity contribution in [3.8, 4) is 0 Å². The van der Waals surface area contributed by atoms with Crippen molar-refractivity contribution in [3.05, 3.63) is 46.7 Å². The summed E-state index contributed by atoms with van der Waals surface area (Å²) < 4.78 is 0.963. The lowest BCUT2D eigenvalue weighted by molar-refractivity contribution is 0.102. The van der Waals surface area contributed by atoms with Gasteiger partial charge in [-0.15, -0.1) is 0 Å². The SMILES string of the molecule is CCCCNc1nccc(C(=O)Nc2ccc(Br)cc2)n1. The molecule has 0 saturated heterocycles. The van der Waals surface area contributed by atoms with Crippen LogP contribution in [0.25, 0.3) is 0 Å². The smallest absolute Gasteiger partial charge is 0.274 e. The number of unbranched alkanes of at least 4 members (excludes halogenated alkanes) is 1. The first-order chi connectivity index (χ1) is 10.2. The Morgan fingerprint density at radius 3 is 2.71 bits per heavy atom. The molecule has 0 aliphatic heterocycles. The zero-order valence-electron chi connectivity index (χ0n) is 11.8. The number of benzene rings is 1. The lowest BCUT2D eigenvalue weighted by Gasteiger charge is -2.07. The Balaban J connectivity index is 2.01. The molecular weight excluding hydrogens is 332 g/mol. The van der Waals surface area contributed by atoms with E-state index >= 15 is 0 Å². The molecule has 6 heteroatoms. The molecule has 21 heavy (non-hydrogen) atoms. The van der Waals surface area contributed by atoms with Gasteiger partial charge in [-0.1, -0.05) is 29.3 Å². The second kappa shape index (κ2) is 7.73. The van der Waals surface area contributed by atoms with Crippen molar-refractivity contribution in [1.29, 1.82) is 0 Å². The van der Waals surface area contributed by atoms with Crippen LogP contribution in [0.3, 0.4) is 0 Å². The van der Waals surface area contributed by atoms with E-state index in [0.29, 0.717) is 11.6 Å². The summed E-state index contributed by atoms with van der Waals surface area (Å²) >= 11 is 3.35. The van der Waals surface area contributed by atoms with Gasteiger partial charge >= 0.3 is 0 Å². The highest BCUT2D eigenvalue weighted by Gasteiger charge is 2.09. The van der Waals surface area contributed by atoms with E-state index < -0.39 is 0 Å². The molecule has 110 valence electrons. The highest BCUT2D eigenvalue weighted by molar-refractivity contribution is 9.10. The van der Waals surface area contributed by atoms with E-state index in [1.54, 1.807) is 12.3 Å². The molecule has 0 unspecified atom stereocenters. The number of aromatic nitrogens is 2. The van der Waals surface area contributed by atoms with E-state index in [1.165, 1.54) is 0 Å². The summed E-state index contributed by atoms with van der Waals surface area (Å²) in [5, 5.41) is 5.91. The topological polar surface area (TPSA) is 66.9 Å². The molecule has 0 aliphatic carbocycles. The summed E-state index contributed by atoms with van der Waals surface area (Å²) in [6.07, 6.45) is 3.72. The van der Waals surface area contributed by atoms with Gasteiger partial charge in [0.2, 0.25) is 5.95 Å². The normalized spacial score (nSPS) is 10.2. The quantitative estimate of drug-likeness (QED) is 0.781. The number of nitrogens with zero attached hydrogens (tertiary/aromatic N) is 2. The zero-order chi connectivity index (χ0) is 15.1. The van der Waals surface area contributed by atoms with Crippen LogP contribution >= 0.6 is 15.9 Å². The molecule has 1 amide bonds. The molecule has 0 aliphatic rings. The van der Waals surface area contributed by atoms with Gasteiger partial charge in [0.15, 0.2) is 0 Å². The number of nitrogens with one attached hydrogen (secondary N) is 2. The number of carbonyl (C=O) groups is 1. The average Bonchev–Trinajstić information content (AvgIpc) is 2.50. The largest absolute Gasteiger partial charge is 0.354 e. The molecule has 2 aromatic rings. The standard InChI is InChI=1S/C15H17BrN4O/c1-2-3-9-17-15-18-10-8-13(20-15)14(21)19-12-6-4-11(16)5-7-12/h4-8,10H,2-3,9H2,1H3,(H,19,21)(H,17,18,20). The number of rotatable bonds is 6. The number of anilines is 2. The van der Waals surface area contributed by atoms with Crippen LogP contribution in [0, 0.1) is 0 Å². The second-order valence-corrected chi connectivity index (χ2v) is 5.42. The molecule has 0 bridgehead atoms. The van der Waals surface area contributed by atoms with Gasteiger partial charge in [0.25, 0.3) is 5.91 Å². The monoisotopic (exact) mass is 348 g/mol. The third-order valence-corrected chi connectivity index (χ3v) is 3.33. The molecule has 0 atom stereocenters. The molecule has 1 heterocycles.